The van der Waals surface area contributed by atoms with Gasteiger partial charge in [0.25, 0.3) is 0 Å². The Kier molecular flexibility index (Phi) is 4.43. The van der Waals surface area contributed by atoms with E-state index in [-0.39, 0.29) is 0 Å². The fourth-order valence-corrected chi connectivity index (χ4v) is 2.44. The molecule has 0 spiro atoms. The summed E-state index contributed by atoms with van der Waals surface area (Å²) in [6.07, 6.45) is 3.35. The zero-order valence-electron chi connectivity index (χ0n) is 12.2. The highest BCUT2D eigenvalue weighted by Crippen LogP contribution is 2.22. The van der Waals surface area contributed by atoms with Gasteiger partial charge < -0.3 is 9.88 Å². The molecule has 0 bridgehead atoms. The van der Waals surface area contributed by atoms with E-state index >= 15 is 0 Å². The first-order valence-corrected chi connectivity index (χ1v) is 7.02. The molecule has 2 heteroatoms. The molecule has 0 fully saturated rings. The predicted molar refractivity (Wildman–Crippen MR) is 83.6 cm³/mol. The summed E-state index contributed by atoms with van der Waals surface area (Å²) < 4.78 is 2.31. The summed E-state index contributed by atoms with van der Waals surface area (Å²) in [4.78, 5) is 0. The van der Waals surface area contributed by atoms with Crippen molar-refractivity contribution in [2.24, 2.45) is 0 Å². The minimum Gasteiger partial charge on any atom is -0.343 e. The summed E-state index contributed by atoms with van der Waals surface area (Å²) in [5.74, 6) is 0. The van der Waals surface area contributed by atoms with Crippen molar-refractivity contribution < 1.29 is 0 Å². The lowest BCUT2D eigenvalue weighted by molar-refractivity contribution is 0.590. The third-order valence-electron chi connectivity index (χ3n) is 3.26. The molecular formula is C17H24N2. The molecule has 2 nitrogen and oxygen atoms in total. The summed E-state index contributed by atoms with van der Waals surface area (Å²) in [5, 5.41) is 4.85. The molecule has 102 valence electrons. The summed E-state index contributed by atoms with van der Waals surface area (Å²) in [7, 11) is 0. The Morgan fingerprint density at radius 2 is 2.05 bits per heavy atom. The molecule has 0 aliphatic carbocycles. The fraction of sp³-hybridized carbons (Fsp3) is 0.412. The number of allylic oxidation sites excluding steroid dienone is 1. The monoisotopic (exact) mass is 256 g/mol. The van der Waals surface area contributed by atoms with Gasteiger partial charge in [-0.1, -0.05) is 44.2 Å². The van der Waals surface area contributed by atoms with E-state index < -0.39 is 0 Å². The Morgan fingerprint density at radius 3 is 2.74 bits per heavy atom. The standard InChI is InChI=1S/C17H24N2/c1-13(2)11-19-12-15(9-10-18-14(3)4)16-7-5-6-8-17(16)19/h5-8,12,14,18H,1,9-11H2,2-4H3. The molecule has 1 aromatic heterocycles. The molecule has 0 unspecified atom stereocenters. The van der Waals surface area contributed by atoms with Crippen molar-refractivity contribution in [3.8, 4) is 0 Å². The molecule has 1 aromatic carbocycles. The molecule has 2 rings (SSSR count). The van der Waals surface area contributed by atoms with Crippen LogP contribution in [0.2, 0.25) is 0 Å². The smallest absolute Gasteiger partial charge is 0.0486 e. The minimum atomic E-state index is 0.545. The number of para-hydroxylation sites is 1. The molecule has 19 heavy (non-hydrogen) atoms. The van der Waals surface area contributed by atoms with Crippen LogP contribution < -0.4 is 5.32 Å². The molecule has 0 saturated carbocycles. The van der Waals surface area contributed by atoms with Crippen LogP contribution in [0, 0.1) is 0 Å². The van der Waals surface area contributed by atoms with Crippen molar-refractivity contribution in [2.75, 3.05) is 6.54 Å². The summed E-state index contributed by atoms with van der Waals surface area (Å²) in [5.41, 5.74) is 3.92. The molecule has 0 aliphatic heterocycles. The summed E-state index contributed by atoms with van der Waals surface area (Å²) in [6.45, 7) is 12.4. The van der Waals surface area contributed by atoms with E-state index in [1.807, 2.05) is 0 Å². The number of nitrogens with one attached hydrogen (secondary N) is 1. The number of aromatic nitrogens is 1. The largest absolute Gasteiger partial charge is 0.343 e. The first kappa shape index (κ1) is 13.9. The second-order valence-electron chi connectivity index (χ2n) is 5.62. The molecule has 0 atom stereocenters. The number of fused-ring (bicyclic) bond motifs is 1. The lowest BCUT2D eigenvalue weighted by atomic mass is 10.1. The Morgan fingerprint density at radius 1 is 1.32 bits per heavy atom. The van der Waals surface area contributed by atoms with Gasteiger partial charge in [-0.05, 0) is 31.5 Å². The Balaban J connectivity index is 2.25. The van der Waals surface area contributed by atoms with E-state index in [1.165, 1.54) is 22.0 Å². The highest BCUT2D eigenvalue weighted by atomic mass is 15.0. The van der Waals surface area contributed by atoms with Gasteiger partial charge >= 0.3 is 0 Å². The van der Waals surface area contributed by atoms with Crippen LogP contribution in [0.1, 0.15) is 26.3 Å². The van der Waals surface area contributed by atoms with E-state index in [1.54, 1.807) is 0 Å². The van der Waals surface area contributed by atoms with Crippen LogP contribution in [0.4, 0.5) is 0 Å². The maximum Gasteiger partial charge on any atom is 0.0486 e. The lowest BCUT2D eigenvalue weighted by Gasteiger charge is -2.06. The van der Waals surface area contributed by atoms with Crippen LogP contribution >= 0.6 is 0 Å². The minimum absolute atomic E-state index is 0.545. The zero-order chi connectivity index (χ0) is 13.8. The fourth-order valence-electron chi connectivity index (χ4n) is 2.44. The quantitative estimate of drug-likeness (QED) is 0.779. The zero-order valence-corrected chi connectivity index (χ0v) is 12.2. The normalized spacial score (nSPS) is 11.4. The van der Waals surface area contributed by atoms with Crippen molar-refractivity contribution in [3.63, 3.8) is 0 Å². The topological polar surface area (TPSA) is 17.0 Å². The third kappa shape index (κ3) is 3.48. The molecule has 0 aliphatic rings. The maximum atomic E-state index is 4.02. The Bertz CT molecular complexity index is 564. The van der Waals surface area contributed by atoms with Crippen LogP contribution in [0.3, 0.4) is 0 Å². The summed E-state index contributed by atoms with van der Waals surface area (Å²) >= 11 is 0. The van der Waals surface area contributed by atoms with Gasteiger partial charge in [-0.25, -0.2) is 0 Å². The SMILES string of the molecule is C=C(C)Cn1cc(CCNC(C)C)c2ccccc21. The number of benzene rings is 1. The number of hydrogen-bond donors (Lipinski definition) is 1. The molecular weight excluding hydrogens is 232 g/mol. The van der Waals surface area contributed by atoms with Crippen LogP contribution in [0.25, 0.3) is 10.9 Å². The average Bonchev–Trinajstić information content (AvgIpc) is 2.67. The van der Waals surface area contributed by atoms with Crippen LogP contribution in [-0.4, -0.2) is 17.2 Å². The maximum absolute atomic E-state index is 4.02. The Hall–Kier alpha value is -1.54. The van der Waals surface area contributed by atoms with Gasteiger partial charge in [-0.15, -0.1) is 0 Å². The highest BCUT2D eigenvalue weighted by Gasteiger charge is 2.07. The van der Waals surface area contributed by atoms with E-state index in [9.17, 15) is 0 Å². The van der Waals surface area contributed by atoms with E-state index in [2.05, 4.69) is 67.7 Å². The van der Waals surface area contributed by atoms with Gasteiger partial charge in [0.2, 0.25) is 0 Å². The first-order valence-electron chi connectivity index (χ1n) is 7.02. The average molecular weight is 256 g/mol. The predicted octanol–water partition coefficient (Wildman–Crippen LogP) is 3.76. The molecule has 1 N–H and O–H groups in total. The molecule has 0 saturated heterocycles. The van der Waals surface area contributed by atoms with Crippen LogP contribution in [0.5, 0.6) is 0 Å². The van der Waals surface area contributed by atoms with Crippen molar-refractivity contribution >= 4 is 10.9 Å². The van der Waals surface area contributed by atoms with Gasteiger partial charge in [0.05, 0.1) is 0 Å². The highest BCUT2D eigenvalue weighted by molar-refractivity contribution is 5.84. The van der Waals surface area contributed by atoms with Crippen LogP contribution in [-0.2, 0) is 13.0 Å². The second-order valence-corrected chi connectivity index (χ2v) is 5.62. The van der Waals surface area contributed by atoms with Gasteiger partial charge in [0.1, 0.15) is 0 Å². The first-order chi connectivity index (χ1) is 9.08. The van der Waals surface area contributed by atoms with E-state index in [0.717, 1.165) is 19.5 Å². The Labute approximate surface area is 116 Å². The molecule has 0 amide bonds. The number of rotatable bonds is 6. The molecule has 2 aromatic rings. The second kappa shape index (κ2) is 6.07. The van der Waals surface area contributed by atoms with Gasteiger partial charge in [-0.2, -0.15) is 0 Å². The van der Waals surface area contributed by atoms with Crippen molar-refractivity contribution in [2.45, 2.75) is 39.8 Å². The van der Waals surface area contributed by atoms with Crippen molar-refractivity contribution in [1.82, 2.24) is 9.88 Å². The van der Waals surface area contributed by atoms with Gasteiger partial charge in [0.15, 0.2) is 0 Å². The number of nitrogens with zero attached hydrogens (tertiary/aromatic N) is 1. The van der Waals surface area contributed by atoms with Crippen molar-refractivity contribution in [1.29, 1.82) is 0 Å². The molecule has 0 radical (unpaired) electrons. The lowest BCUT2D eigenvalue weighted by Crippen LogP contribution is -2.24. The van der Waals surface area contributed by atoms with Gasteiger partial charge in [0, 0.05) is 29.7 Å². The summed E-state index contributed by atoms with van der Waals surface area (Å²) in [6, 6.07) is 9.18. The molecule has 1 heterocycles. The van der Waals surface area contributed by atoms with Crippen LogP contribution in [0.15, 0.2) is 42.6 Å². The van der Waals surface area contributed by atoms with E-state index in [4.69, 9.17) is 0 Å². The number of hydrogen-bond acceptors (Lipinski definition) is 1. The van der Waals surface area contributed by atoms with Gasteiger partial charge in [-0.3, -0.25) is 0 Å². The van der Waals surface area contributed by atoms with E-state index in [0.29, 0.717) is 6.04 Å². The van der Waals surface area contributed by atoms with Crippen molar-refractivity contribution in [3.05, 3.63) is 48.2 Å². The third-order valence-corrected chi connectivity index (χ3v) is 3.26.